The van der Waals surface area contributed by atoms with Crippen molar-refractivity contribution in [2.75, 3.05) is 18.1 Å². The van der Waals surface area contributed by atoms with Crippen molar-refractivity contribution in [2.24, 2.45) is 10.7 Å². The summed E-state index contributed by atoms with van der Waals surface area (Å²) in [6.45, 7) is 0.998. The number of aliphatic imine (C=N–C) groups is 1. The molecule has 26 heavy (non-hydrogen) atoms. The Kier molecular flexibility index (Phi) is 5.01. The fourth-order valence-corrected chi connectivity index (χ4v) is 2.78. The van der Waals surface area contributed by atoms with Gasteiger partial charge >= 0.3 is 6.18 Å². The second kappa shape index (κ2) is 7.23. The highest BCUT2D eigenvalue weighted by Gasteiger charge is 2.34. The van der Waals surface area contributed by atoms with Gasteiger partial charge in [0.05, 0.1) is 5.56 Å². The second-order valence-electron chi connectivity index (χ2n) is 5.96. The summed E-state index contributed by atoms with van der Waals surface area (Å²) in [5.74, 6) is -1.31. The first-order chi connectivity index (χ1) is 12.3. The van der Waals surface area contributed by atoms with Gasteiger partial charge in [0.2, 0.25) is 0 Å². The molecule has 0 fully saturated rings. The van der Waals surface area contributed by atoms with Gasteiger partial charge in [0.25, 0.3) is 6.02 Å². The van der Waals surface area contributed by atoms with Gasteiger partial charge in [-0.05, 0) is 23.8 Å². The lowest BCUT2D eigenvalue weighted by Crippen LogP contribution is -2.32. The zero-order valence-corrected chi connectivity index (χ0v) is 13.7. The number of hydrogen-bond donors (Lipinski definition) is 1. The fraction of sp³-hybridized carbons (Fsp3) is 0.278. The number of amidine groups is 1. The van der Waals surface area contributed by atoms with Crippen LogP contribution in [0.15, 0.2) is 53.5 Å². The number of alkyl halides is 3. The van der Waals surface area contributed by atoms with Crippen LogP contribution in [-0.2, 0) is 17.5 Å². The third-order valence-corrected chi connectivity index (χ3v) is 4.00. The van der Waals surface area contributed by atoms with Crippen molar-refractivity contribution in [3.8, 4) is 0 Å². The molecule has 2 N–H and O–H groups in total. The van der Waals surface area contributed by atoms with Crippen LogP contribution >= 0.6 is 0 Å². The molecule has 138 valence electrons. The van der Waals surface area contributed by atoms with Crippen molar-refractivity contribution in [3.63, 3.8) is 0 Å². The van der Waals surface area contributed by atoms with Gasteiger partial charge in [-0.25, -0.2) is 9.38 Å². The number of hydrogen-bond acceptors (Lipinski definition) is 4. The minimum Gasteiger partial charge on any atom is -0.463 e. The molecular weight excluding hydrogens is 350 g/mol. The van der Waals surface area contributed by atoms with Gasteiger partial charge in [-0.2, -0.15) is 13.2 Å². The number of ether oxygens (including phenoxy) is 1. The lowest BCUT2D eigenvalue weighted by atomic mass is 10.1. The van der Waals surface area contributed by atoms with Gasteiger partial charge in [-0.3, -0.25) is 0 Å². The molecule has 1 atom stereocenters. The molecule has 3 rings (SSSR count). The SMILES string of the molecule is NC1=N[C@H](CN(Cc2ccccc2)c2ccc(C(F)(F)F)c(F)c2)CO1. The molecule has 0 spiro atoms. The summed E-state index contributed by atoms with van der Waals surface area (Å²) in [5.41, 5.74) is 5.49. The second-order valence-corrected chi connectivity index (χ2v) is 5.96. The molecule has 2 aromatic rings. The van der Waals surface area contributed by atoms with Gasteiger partial charge in [0.15, 0.2) is 0 Å². The van der Waals surface area contributed by atoms with Crippen LogP contribution in [0, 0.1) is 5.82 Å². The molecule has 0 amide bonds. The van der Waals surface area contributed by atoms with Crippen molar-refractivity contribution in [2.45, 2.75) is 18.8 Å². The first kappa shape index (κ1) is 18.0. The lowest BCUT2D eigenvalue weighted by molar-refractivity contribution is -0.139. The molecule has 0 bridgehead atoms. The highest BCUT2D eigenvalue weighted by Crippen LogP contribution is 2.33. The van der Waals surface area contributed by atoms with E-state index in [9.17, 15) is 17.6 Å². The highest BCUT2D eigenvalue weighted by atomic mass is 19.4. The van der Waals surface area contributed by atoms with Gasteiger partial charge in [0, 0.05) is 18.8 Å². The third-order valence-electron chi connectivity index (χ3n) is 4.00. The topological polar surface area (TPSA) is 50.8 Å². The molecule has 8 heteroatoms. The molecule has 1 heterocycles. The number of halogens is 4. The zero-order chi connectivity index (χ0) is 18.7. The largest absolute Gasteiger partial charge is 0.463 e. The third kappa shape index (κ3) is 4.25. The molecular formula is C18H17F4N3O. The van der Waals surface area contributed by atoms with E-state index < -0.39 is 17.6 Å². The Balaban J connectivity index is 1.88. The normalized spacial score (nSPS) is 16.9. The van der Waals surface area contributed by atoms with Crippen molar-refractivity contribution in [1.82, 2.24) is 0 Å². The zero-order valence-electron chi connectivity index (χ0n) is 13.7. The molecule has 0 aliphatic carbocycles. The summed E-state index contributed by atoms with van der Waals surface area (Å²) in [6.07, 6.45) is -4.73. The van der Waals surface area contributed by atoms with E-state index in [0.717, 1.165) is 17.7 Å². The predicted octanol–water partition coefficient (Wildman–Crippen LogP) is 3.56. The molecule has 4 nitrogen and oxygen atoms in total. The molecule has 0 saturated carbocycles. The molecule has 1 aliphatic rings. The van der Waals surface area contributed by atoms with Crippen LogP contribution in [0.25, 0.3) is 0 Å². The number of rotatable bonds is 5. The fourth-order valence-electron chi connectivity index (χ4n) is 2.78. The van der Waals surface area contributed by atoms with Crippen LogP contribution in [0.5, 0.6) is 0 Å². The van der Waals surface area contributed by atoms with E-state index in [2.05, 4.69) is 4.99 Å². The van der Waals surface area contributed by atoms with Crippen molar-refractivity contribution >= 4 is 11.7 Å². The predicted molar refractivity (Wildman–Crippen MR) is 90.3 cm³/mol. The smallest absolute Gasteiger partial charge is 0.419 e. The maximum Gasteiger partial charge on any atom is 0.419 e. The average molecular weight is 367 g/mol. The maximum absolute atomic E-state index is 14.0. The molecule has 0 aromatic heterocycles. The first-order valence-electron chi connectivity index (χ1n) is 7.94. The van der Waals surface area contributed by atoms with E-state index in [4.69, 9.17) is 10.5 Å². The number of benzene rings is 2. The van der Waals surface area contributed by atoms with Gasteiger partial charge in [0.1, 0.15) is 18.5 Å². The molecule has 2 aromatic carbocycles. The Bertz CT molecular complexity index is 793. The monoisotopic (exact) mass is 367 g/mol. The van der Waals surface area contributed by atoms with E-state index in [1.54, 1.807) is 4.90 Å². The standard InChI is InChI=1S/C18H17F4N3O/c19-16-8-14(6-7-15(16)18(20,21)22)25(9-12-4-2-1-3-5-12)10-13-11-26-17(23)24-13/h1-8,13H,9-11H2,(H2,23,24)/t13-/m1/s1. The molecule has 1 aliphatic heterocycles. The van der Waals surface area contributed by atoms with Crippen LogP contribution in [0.1, 0.15) is 11.1 Å². The van der Waals surface area contributed by atoms with E-state index in [1.807, 2.05) is 30.3 Å². The number of nitrogens with zero attached hydrogens (tertiary/aromatic N) is 2. The Morgan fingerprint density at radius 2 is 1.88 bits per heavy atom. The van der Waals surface area contributed by atoms with E-state index in [-0.39, 0.29) is 18.7 Å². The minimum atomic E-state index is -4.73. The lowest BCUT2D eigenvalue weighted by Gasteiger charge is -2.27. The van der Waals surface area contributed by atoms with Crippen LogP contribution in [0.3, 0.4) is 0 Å². The van der Waals surface area contributed by atoms with E-state index in [1.165, 1.54) is 6.07 Å². The first-order valence-corrected chi connectivity index (χ1v) is 7.94. The number of anilines is 1. The summed E-state index contributed by atoms with van der Waals surface area (Å²) in [5, 5.41) is 0. The Hall–Kier alpha value is -2.77. The Morgan fingerprint density at radius 1 is 1.15 bits per heavy atom. The molecule has 0 saturated heterocycles. The summed E-state index contributed by atoms with van der Waals surface area (Å²) in [7, 11) is 0. The number of nitrogens with two attached hydrogens (primary N) is 1. The minimum absolute atomic E-state index is 0.0771. The average Bonchev–Trinajstić information content (AvgIpc) is 2.99. The molecule has 0 radical (unpaired) electrons. The van der Waals surface area contributed by atoms with Crippen molar-refractivity contribution < 1.29 is 22.3 Å². The van der Waals surface area contributed by atoms with Crippen molar-refractivity contribution in [1.29, 1.82) is 0 Å². The van der Waals surface area contributed by atoms with Crippen LogP contribution in [0.4, 0.5) is 23.2 Å². The summed E-state index contributed by atoms with van der Waals surface area (Å²) in [6, 6.07) is 12.1. The van der Waals surface area contributed by atoms with Crippen LogP contribution < -0.4 is 10.6 Å². The summed E-state index contributed by atoms with van der Waals surface area (Å²) in [4.78, 5) is 5.89. The Labute approximate surface area is 147 Å². The summed E-state index contributed by atoms with van der Waals surface area (Å²) >= 11 is 0. The summed E-state index contributed by atoms with van der Waals surface area (Å²) < 4.78 is 57.5. The maximum atomic E-state index is 14.0. The van der Waals surface area contributed by atoms with E-state index >= 15 is 0 Å². The van der Waals surface area contributed by atoms with Crippen molar-refractivity contribution in [3.05, 3.63) is 65.5 Å². The van der Waals surface area contributed by atoms with Crippen LogP contribution in [-0.4, -0.2) is 25.2 Å². The molecule has 0 unspecified atom stereocenters. The van der Waals surface area contributed by atoms with Gasteiger partial charge in [-0.15, -0.1) is 0 Å². The van der Waals surface area contributed by atoms with Gasteiger partial charge < -0.3 is 15.4 Å². The van der Waals surface area contributed by atoms with E-state index in [0.29, 0.717) is 18.8 Å². The highest BCUT2D eigenvalue weighted by molar-refractivity contribution is 5.73. The quantitative estimate of drug-likeness (QED) is 0.822. The van der Waals surface area contributed by atoms with Gasteiger partial charge in [-0.1, -0.05) is 30.3 Å². The van der Waals surface area contributed by atoms with Crippen LogP contribution in [0.2, 0.25) is 0 Å². The Morgan fingerprint density at radius 3 is 2.46 bits per heavy atom.